The molecule has 2 heterocycles. The van der Waals surface area contributed by atoms with E-state index >= 15 is 0 Å². The van der Waals surface area contributed by atoms with Crippen molar-refractivity contribution in [2.24, 2.45) is 5.92 Å². The number of anilines is 1. The van der Waals surface area contributed by atoms with Gasteiger partial charge in [-0.15, -0.1) is 0 Å². The van der Waals surface area contributed by atoms with Gasteiger partial charge in [0.2, 0.25) is 17.4 Å². The van der Waals surface area contributed by atoms with Crippen LogP contribution in [0.5, 0.6) is 5.88 Å². The highest BCUT2D eigenvalue weighted by molar-refractivity contribution is 5.89. The Kier molecular flexibility index (Phi) is 6.54. The molecule has 0 spiro atoms. The third-order valence-electron chi connectivity index (χ3n) is 5.81. The highest BCUT2D eigenvalue weighted by Gasteiger charge is 2.41. The SMILES string of the molecule is Cc1noc(NC(=O)OC(C)c2ccccc2)c1-c1ccc(OC(C)(CC2CC2)C(=O)O)nc1. The van der Waals surface area contributed by atoms with Crippen LogP contribution in [0.15, 0.2) is 53.2 Å². The number of carboxylic acids is 1. The van der Waals surface area contributed by atoms with Gasteiger partial charge in [0, 0.05) is 24.2 Å². The normalized spacial score (nSPS) is 15.7. The summed E-state index contributed by atoms with van der Waals surface area (Å²) in [5.41, 5.74) is 1.24. The number of amides is 1. The summed E-state index contributed by atoms with van der Waals surface area (Å²) < 4.78 is 16.5. The molecular formula is C25H27N3O6. The highest BCUT2D eigenvalue weighted by atomic mass is 16.6. The molecule has 0 bridgehead atoms. The second-order valence-electron chi connectivity index (χ2n) is 8.73. The number of carboxylic acid groups (broad SMARTS) is 1. The van der Waals surface area contributed by atoms with Gasteiger partial charge in [-0.05, 0) is 38.3 Å². The number of hydrogen-bond acceptors (Lipinski definition) is 7. The van der Waals surface area contributed by atoms with Crippen molar-refractivity contribution >= 4 is 17.9 Å². The van der Waals surface area contributed by atoms with Gasteiger partial charge in [0.25, 0.3) is 0 Å². The second kappa shape index (κ2) is 9.54. The molecule has 2 aromatic heterocycles. The summed E-state index contributed by atoms with van der Waals surface area (Å²) in [4.78, 5) is 28.5. The molecule has 1 fully saturated rings. The third-order valence-corrected chi connectivity index (χ3v) is 5.81. The van der Waals surface area contributed by atoms with Crippen LogP contribution in [0.25, 0.3) is 11.1 Å². The molecule has 2 unspecified atom stereocenters. The van der Waals surface area contributed by atoms with Crippen molar-refractivity contribution in [3.8, 4) is 17.0 Å². The summed E-state index contributed by atoms with van der Waals surface area (Å²) in [6.07, 6.45) is 2.87. The van der Waals surface area contributed by atoms with Crippen LogP contribution in [0.3, 0.4) is 0 Å². The molecule has 1 amide bonds. The van der Waals surface area contributed by atoms with E-state index in [0.717, 1.165) is 18.4 Å². The van der Waals surface area contributed by atoms with E-state index in [-0.39, 0.29) is 11.8 Å². The Balaban J connectivity index is 1.46. The largest absolute Gasteiger partial charge is 0.478 e. The minimum atomic E-state index is -1.34. The van der Waals surface area contributed by atoms with Crippen molar-refractivity contribution in [2.45, 2.75) is 51.7 Å². The first kappa shape index (κ1) is 23.3. The lowest BCUT2D eigenvalue weighted by atomic mass is 9.99. The lowest BCUT2D eigenvalue weighted by molar-refractivity contribution is -0.155. The first-order valence-corrected chi connectivity index (χ1v) is 11.1. The number of aromatic nitrogens is 2. The Morgan fingerprint density at radius 2 is 1.97 bits per heavy atom. The first-order chi connectivity index (χ1) is 16.2. The maximum atomic E-state index is 12.4. The molecule has 4 rings (SSSR count). The zero-order valence-electron chi connectivity index (χ0n) is 19.3. The van der Waals surface area contributed by atoms with E-state index in [1.54, 1.807) is 32.9 Å². The minimum Gasteiger partial charge on any atom is -0.478 e. The maximum absolute atomic E-state index is 12.4. The monoisotopic (exact) mass is 465 g/mol. The number of pyridine rings is 1. The van der Waals surface area contributed by atoms with Gasteiger partial charge in [-0.3, -0.25) is 5.32 Å². The standard InChI is InChI=1S/C25H27N3O6/c1-15-21(22(34-28-15)27-24(31)32-16(2)18-7-5-4-6-8-18)19-11-12-20(26-14-19)33-25(3,23(29)30)13-17-9-10-17/h4-8,11-12,14,16-17H,9-10,13H2,1-3H3,(H,27,31)(H,29,30). The summed E-state index contributed by atoms with van der Waals surface area (Å²) in [6, 6.07) is 12.7. The summed E-state index contributed by atoms with van der Waals surface area (Å²) >= 11 is 0. The average molecular weight is 466 g/mol. The van der Waals surface area contributed by atoms with Crippen molar-refractivity contribution in [1.29, 1.82) is 0 Å². The molecule has 0 saturated heterocycles. The molecule has 0 aliphatic heterocycles. The van der Waals surface area contributed by atoms with Crippen LogP contribution >= 0.6 is 0 Å². The molecule has 3 aromatic rings. The molecule has 0 radical (unpaired) electrons. The number of nitrogens with one attached hydrogen (secondary N) is 1. The number of nitrogens with zero attached hydrogens (tertiary/aromatic N) is 2. The molecule has 9 nitrogen and oxygen atoms in total. The number of aryl methyl sites for hydroxylation is 1. The van der Waals surface area contributed by atoms with Gasteiger partial charge in [-0.1, -0.05) is 48.3 Å². The zero-order valence-corrected chi connectivity index (χ0v) is 19.3. The van der Waals surface area contributed by atoms with Crippen molar-refractivity contribution in [1.82, 2.24) is 10.1 Å². The lowest BCUT2D eigenvalue weighted by Crippen LogP contribution is -2.42. The molecule has 2 N–H and O–H groups in total. The fourth-order valence-corrected chi connectivity index (χ4v) is 3.73. The van der Waals surface area contributed by atoms with Gasteiger partial charge in [-0.25, -0.2) is 14.6 Å². The van der Waals surface area contributed by atoms with Crippen LogP contribution < -0.4 is 10.1 Å². The summed E-state index contributed by atoms with van der Waals surface area (Å²) in [5, 5.41) is 16.2. The summed E-state index contributed by atoms with van der Waals surface area (Å²) in [5.74, 6) is -0.315. The van der Waals surface area contributed by atoms with E-state index in [1.165, 1.54) is 6.20 Å². The van der Waals surface area contributed by atoms with Gasteiger partial charge in [0.15, 0.2) is 0 Å². The molecule has 1 aliphatic rings. The third kappa shape index (κ3) is 5.36. The van der Waals surface area contributed by atoms with Crippen molar-refractivity contribution in [3.63, 3.8) is 0 Å². The topological polar surface area (TPSA) is 124 Å². The minimum absolute atomic E-state index is 0.127. The number of rotatable bonds is 9. The van der Waals surface area contributed by atoms with Gasteiger partial charge in [0.1, 0.15) is 6.10 Å². The van der Waals surface area contributed by atoms with Crippen LogP contribution in [0.4, 0.5) is 10.7 Å². The summed E-state index contributed by atoms with van der Waals surface area (Å²) in [7, 11) is 0. The molecule has 178 valence electrons. The molecule has 34 heavy (non-hydrogen) atoms. The van der Waals surface area contributed by atoms with E-state index in [2.05, 4.69) is 15.5 Å². The predicted octanol–water partition coefficient (Wildman–Crippen LogP) is 5.38. The van der Waals surface area contributed by atoms with Crippen LogP contribution in [0.1, 0.15) is 50.5 Å². The van der Waals surface area contributed by atoms with Crippen LogP contribution in [-0.4, -0.2) is 32.9 Å². The van der Waals surface area contributed by atoms with Crippen LogP contribution in [-0.2, 0) is 9.53 Å². The quantitative estimate of drug-likeness (QED) is 0.432. The smallest absolute Gasteiger partial charge is 0.414 e. The fraction of sp³-hybridized carbons (Fsp3) is 0.360. The number of benzene rings is 1. The second-order valence-corrected chi connectivity index (χ2v) is 8.73. The van der Waals surface area contributed by atoms with E-state index in [1.807, 2.05) is 30.3 Å². The van der Waals surface area contributed by atoms with Crippen LogP contribution in [0.2, 0.25) is 0 Å². The lowest BCUT2D eigenvalue weighted by Gasteiger charge is -2.25. The molecular weight excluding hydrogens is 438 g/mol. The first-order valence-electron chi connectivity index (χ1n) is 11.1. The molecule has 1 aliphatic carbocycles. The Labute approximate surface area is 197 Å². The molecule has 1 aromatic carbocycles. The molecule has 1 saturated carbocycles. The van der Waals surface area contributed by atoms with Gasteiger partial charge in [-0.2, -0.15) is 0 Å². The van der Waals surface area contributed by atoms with E-state index in [4.69, 9.17) is 14.0 Å². The predicted molar refractivity (Wildman–Crippen MR) is 123 cm³/mol. The Hall–Kier alpha value is -3.88. The average Bonchev–Trinajstić information content (AvgIpc) is 3.55. The van der Waals surface area contributed by atoms with Gasteiger partial charge >= 0.3 is 12.1 Å². The van der Waals surface area contributed by atoms with Gasteiger partial charge in [0.05, 0.1) is 11.3 Å². The van der Waals surface area contributed by atoms with Gasteiger partial charge < -0.3 is 19.1 Å². The van der Waals surface area contributed by atoms with E-state index < -0.39 is 23.8 Å². The number of ether oxygens (including phenoxy) is 2. The van der Waals surface area contributed by atoms with Crippen LogP contribution in [0, 0.1) is 12.8 Å². The van der Waals surface area contributed by atoms with Crippen molar-refractivity contribution in [3.05, 3.63) is 59.9 Å². The number of aliphatic carboxylic acids is 1. The Morgan fingerprint density at radius 1 is 1.24 bits per heavy atom. The zero-order chi connectivity index (χ0) is 24.3. The van der Waals surface area contributed by atoms with E-state index in [9.17, 15) is 14.7 Å². The molecule has 2 atom stereocenters. The number of carbonyl (C=O) groups excluding carboxylic acids is 1. The number of carbonyl (C=O) groups is 2. The highest BCUT2D eigenvalue weighted by Crippen LogP contribution is 2.39. The fourth-order valence-electron chi connectivity index (χ4n) is 3.73. The molecule has 9 heteroatoms. The Bertz CT molecular complexity index is 1160. The van der Waals surface area contributed by atoms with Crippen molar-refractivity contribution in [2.75, 3.05) is 5.32 Å². The van der Waals surface area contributed by atoms with E-state index in [0.29, 0.717) is 29.2 Å². The summed E-state index contributed by atoms with van der Waals surface area (Å²) in [6.45, 7) is 5.08. The number of hydrogen-bond donors (Lipinski definition) is 2. The maximum Gasteiger partial charge on any atom is 0.414 e. The van der Waals surface area contributed by atoms with Crippen molar-refractivity contribution < 1.29 is 28.7 Å². The Morgan fingerprint density at radius 3 is 2.59 bits per heavy atom.